The Morgan fingerprint density at radius 3 is 2.45 bits per heavy atom. The van der Waals surface area contributed by atoms with E-state index >= 15 is 0 Å². The summed E-state index contributed by atoms with van der Waals surface area (Å²) < 4.78 is 3.55. The van der Waals surface area contributed by atoms with Gasteiger partial charge in [-0.05, 0) is 24.6 Å². The van der Waals surface area contributed by atoms with Gasteiger partial charge in [0.2, 0.25) is 0 Å². The van der Waals surface area contributed by atoms with Crippen molar-refractivity contribution in [3.8, 4) is 17.1 Å². The lowest BCUT2D eigenvalue weighted by molar-refractivity contribution is 0.768. The zero-order valence-electron chi connectivity index (χ0n) is 11.6. The van der Waals surface area contributed by atoms with Crippen LogP contribution in [0.5, 0.6) is 0 Å². The number of aryl methyl sites for hydroxylation is 1. The minimum Gasteiger partial charge on any atom is -0.383 e. The van der Waals surface area contributed by atoms with Crippen molar-refractivity contribution in [2.45, 2.75) is 13.3 Å². The van der Waals surface area contributed by atoms with Crippen LogP contribution in [0.3, 0.4) is 0 Å². The van der Waals surface area contributed by atoms with Gasteiger partial charge in [-0.25, -0.2) is 4.68 Å². The first-order valence-electron chi connectivity index (χ1n) is 6.63. The summed E-state index contributed by atoms with van der Waals surface area (Å²) in [5, 5.41) is 9.07. The number of nitrogens with two attached hydrogens (primary N) is 1. The monoisotopic (exact) mass is 267 g/mol. The van der Waals surface area contributed by atoms with Crippen molar-refractivity contribution in [1.82, 2.24) is 19.6 Å². The summed E-state index contributed by atoms with van der Waals surface area (Å²) >= 11 is 0. The summed E-state index contributed by atoms with van der Waals surface area (Å²) in [5.41, 5.74) is 9.96. The summed E-state index contributed by atoms with van der Waals surface area (Å²) in [6.07, 6.45) is 2.73. The standard InChI is InChI=1S/C15H17N5/c1-3-12-14(13-9-10-19(2)17-13)18-20(15(12)16)11-7-5-4-6-8-11/h4-10H,3,16H2,1-2H3. The summed E-state index contributed by atoms with van der Waals surface area (Å²) in [7, 11) is 1.90. The molecule has 0 saturated carbocycles. The predicted molar refractivity (Wildman–Crippen MR) is 79.6 cm³/mol. The summed E-state index contributed by atoms with van der Waals surface area (Å²) in [4.78, 5) is 0. The number of hydrogen-bond donors (Lipinski definition) is 1. The smallest absolute Gasteiger partial charge is 0.131 e. The molecule has 0 saturated heterocycles. The van der Waals surface area contributed by atoms with Gasteiger partial charge in [-0.15, -0.1) is 0 Å². The largest absolute Gasteiger partial charge is 0.383 e. The topological polar surface area (TPSA) is 61.7 Å². The number of benzene rings is 1. The fourth-order valence-electron chi connectivity index (χ4n) is 2.33. The first-order valence-corrected chi connectivity index (χ1v) is 6.63. The van der Waals surface area contributed by atoms with E-state index in [1.807, 2.05) is 49.6 Å². The van der Waals surface area contributed by atoms with E-state index in [1.54, 1.807) is 9.36 Å². The zero-order chi connectivity index (χ0) is 14.1. The van der Waals surface area contributed by atoms with Crippen LogP contribution in [0.2, 0.25) is 0 Å². The van der Waals surface area contributed by atoms with Gasteiger partial charge in [0.15, 0.2) is 0 Å². The fraction of sp³-hybridized carbons (Fsp3) is 0.200. The maximum atomic E-state index is 6.26. The van der Waals surface area contributed by atoms with Gasteiger partial charge in [-0.2, -0.15) is 10.2 Å². The molecule has 5 heteroatoms. The van der Waals surface area contributed by atoms with Crippen molar-refractivity contribution >= 4 is 5.82 Å². The van der Waals surface area contributed by atoms with Gasteiger partial charge >= 0.3 is 0 Å². The normalized spacial score (nSPS) is 10.9. The van der Waals surface area contributed by atoms with Crippen LogP contribution < -0.4 is 5.73 Å². The highest BCUT2D eigenvalue weighted by Crippen LogP contribution is 2.28. The van der Waals surface area contributed by atoms with Crippen molar-refractivity contribution in [3.05, 3.63) is 48.2 Å². The molecule has 0 unspecified atom stereocenters. The second-order valence-corrected chi connectivity index (χ2v) is 4.69. The molecule has 3 rings (SSSR count). The molecule has 0 aliphatic carbocycles. The number of aromatic nitrogens is 4. The lowest BCUT2D eigenvalue weighted by Gasteiger charge is -2.03. The summed E-state index contributed by atoms with van der Waals surface area (Å²) in [6, 6.07) is 11.9. The van der Waals surface area contributed by atoms with Crippen molar-refractivity contribution < 1.29 is 0 Å². The Bertz CT molecular complexity index is 724. The molecule has 2 heterocycles. The molecule has 0 bridgehead atoms. The molecule has 2 N–H and O–H groups in total. The zero-order valence-corrected chi connectivity index (χ0v) is 11.6. The Balaban J connectivity index is 2.17. The molecular formula is C15H17N5. The second-order valence-electron chi connectivity index (χ2n) is 4.69. The highest BCUT2D eigenvalue weighted by molar-refractivity contribution is 5.66. The van der Waals surface area contributed by atoms with Crippen LogP contribution in [0.25, 0.3) is 17.1 Å². The van der Waals surface area contributed by atoms with E-state index in [1.165, 1.54) is 0 Å². The molecule has 0 radical (unpaired) electrons. The Morgan fingerprint density at radius 2 is 1.85 bits per heavy atom. The molecule has 102 valence electrons. The minimum atomic E-state index is 0.680. The highest BCUT2D eigenvalue weighted by Gasteiger charge is 2.18. The molecule has 3 aromatic rings. The van der Waals surface area contributed by atoms with Crippen LogP contribution in [0.15, 0.2) is 42.6 Å². The molecule has 5 nitrogen and oxygen atoms in total. The fourth-order valence-corrected chi connectivity index (χ4v) is 2.33. The van der Waals surface area contributed by atoms with Gasteiger partial charge < -0.3 is 5.73 Å². The molecule has 1 aromatic carbocycles. The lowest BCUT2D eigenvalue weighted by Crippen LogP contribution is -2.02. The summed E-state index contributed by atoms with van der Waals surface area (Å²) in [5.74, 6) is 0.680. The number of anilines is 1. The Hall–Kier alpha value is -2.56. The maximum absolute atomic E-state index is 6.26. The Labute approximate surface area is 117 Å². The highest BCUT2D eigenvalue weighted by atomic mass is 15.3. The first-order chi connectivity index (χ1) is 9.70. The van der Waals surface area contributed by atoms with E-state index < -0.39 is 0 Å². The maximum Gasteiger partial charge on any atom is 0.131 e. The summed E-state index contributed by atoms with van der Waals surface area (Å²) in [6.45, 7) is 2.08. The molecular weight excluding hydrogens is 250 g/mol. The van der Waals surface area contributed by atoms with Crippen molar-refractivity contribution in [1.29, 1.82) is 0 Å². The quantitative estimate of drug-likeness (QED) is 0.792. The number of rotatable bonds is 3. The molecule has 0 atom stereocenters. The van der Waals surface area contributed by atoms with Crippen LogP contribution in [0.1, 0.15) is 12.5 Å². The van der Waals surface area contributed by atoms with Crippen molar-refractivity contribution in [2.24, 2.45) is 7.05 Å². The number of para-hydroxylation sites is 1. The van der Waals surface area contributed by atoms with E-state index in [0.29, 0.717) is 5.82 Å². The van der Waals surface area contributed by atoms with Gasteiger partial charge in [0, 0.05) is 18.8 Å². The molecule has 0 aliphatic heterocycles. The predicted octanol–water partition coefficient (Wildman–Crippen LogP) is 2.42. The van der Waals surface area contributed by atoms with Gasteiger partial charge in [-0.3, -0.25) is 4.68 Å². The third-order valence-corrected chi connectivity index (χ3v) is 3.33. The van der Waals surface area contributed by atoms with Crippen LogP contribution in [-0.2, 0) is 13.5 Å². The molecule has 20 heavy (non-hydrogen) atoms. The van der Waals surface area contributed by atoms with E-state index in [2.05, 4.69) is 17.1 Å². The average Bonchev–Trinajstić information content (AvgIpc) is 3.03. The van der Waals surface area contributed by atoms with E-state index in [-0.39, 0.29) is 0 Å². The van der Waals surface area contributed by atoms with Crippen LogP contribution in [0.4, 0.5) is 5.82 Å². The Morgan fingerprint density at radius 1 is 1.10 bits per heavy atom. The third kappa shape index (κ3) is 1.97. The third-order valence-electron chi connectivity index (χ3n) is 3.33. The molecule has 2 aromatic heterocycles. The SMILES string of the molecule is CCc1c(-c2ccn(C)n2)nn(-c2ccccc2)c1N. The van der Waals surface area contributed by atoms with Crippen LogP contribution >= 0.6 is 0 Å². The van der Waals surface area contributed by atoms with Crippen molar-refractivity contribution in [2.75, 3.05) is 5.73 Å². The molecule has 0 aliphatic rings. The van der Waals surface area contributed by atoms with Gasteiger partial charge in [0.25, 0.3) is 0 Å². The molecule has 0 amide bonds. The minimum absolute atomic E-state index is 0.680. The lowest BCUT2D eigenvalue weighted by atomic mass is 10.1. The number of nitrogens with zero attached hydrogens (tertiary/aromatic N) is 4. The van der Waals surface area contributed by atoms with Crippen molar-refractivity contribution in [3.63, 3.8) is 0 Å². The van der Waals surface area contributed by atoms with Crippen LogP contribution in [0, 0.1) is 0 Å². The van der Waals surface area contributed by atoms with Gasteiger partial charge in [0.05, 0.1) is 5.69 Å². The van der Waals surface area contributed by atoms with E-state index in [0.717, 1.165) is 29.1 Å². The molecule has 0 fully saturated rings. The number of hydrogen-bond acceptors (Lipinski definition) is 3. The first kappa shape index (κ1) is 12.5. The average molecular weight is 267 g/mol. The van der Waals surface area contributed by atoms with Gasteiger partial charge in [-0.1, -0.05) is 25.1 Å². The van der Waals surface area contributed by atoms with E-state index in [9.17, 15) is 0 Å². The Kier molecular flexibility index (Phi) is 3.02. The van der Waals surface area contributed by atoms with Gasteiger partial charge in [0.1, 0.15) is 17.2 Å². The second kappa shape index (κ2) is 4.85. The van der Waals surface area contributed by atoms with E-state index in [4.69, 9.17) is 5.73 Å². The molecule has 0 spiro atoms. The van der Waals surface area contributed by atoms with Crippen LogP contribution in [-0.4, -0.2) is 19.6 Å². The number of nitrogen functional groups attached to an aromatic ring is 1.